The number of nitrogens with zero attached hydrogens (tertiary/aromatic N) is 6. The van der Waals surface area contributed by atoms with Crippen molar-refractivity contribution in [3.63, 3.8) is 0 Å². The lowest BCUT2D eigenvalue weighted by atomic mass is 9.74. The zero-order chi connectivity index (χ0) is 52.0. The number of aryl methyl sites for hydroxylation is 3. The van der Waals surface area contributed by atoms with E-state index in [-0.39, 0.29) is 10.8 Å². The Bertz CT molecular complexity index is 3360. The Morgan fingerprint density at radius 2 is 0.386 bits per heavy atom. The molecule has 7 aromatic rings. The predicted octanol–water partition coefficient (Wildman–Crippen LogP) is 16.1. The molecule has 4 aromatic carbocycles. The number of rotatable bonds is 3. The zero-order valence-corrected chi connectivity index (χ0v) is 47.7. The first kappa shape index (κ1) is 50.5. The summed E-state index contributed by atoms with van der Waals surface area (Å²) in [6.45, 7) is 58.5. The van der Waals surface area contributed by atoms with Crippen LogP contribution in [0.1, 0.15) is 173 Å². The molecule has 2 aliphatic carbocycles. The Kier molecular flexibility index (Phi) is 12.2. The van der Waals surface area contributed by atoms with Crippen LogP contribution in [0.3, 0.4) is 0 Å². The molecule has 9 rings (SSSR count). The number of hydrogen-bond acceptors (Lipinski definition) is 6. The highest BCUT2D eigenvalue weighted by molar-refractivity contribution is 5.96. The molecule has 0 atom stereocenters. The molecule has 70 heavy (non-hydrogen) atoms. The summed E-state index contributed by atoms with van der Waals surface area (Å²) in [5.41, 5.74) is 46.2. The van der Waals surface area contributed by atoms with Gasteiger partial charge in [-0.25, -0.2) is 0 Å². The lowest BCUT2D eigenvalue weighted by Gasteiger charge is -2.29. The number of hydrogen-bond donors (Lipinski definition) is 0. The quantitative estimate of drug-likeness (QED) is 0.176. The highest BCUT2D eigenvalue weighted by Gasteiger charge is 2.44. The Morgan fingerprint density at radius 1 is 0.186 bits per heavy atom. The molecule has 3 aromatic heterocycles. The molecule has 0 N–H and O–H groups in total. The van der Waals surface area contributed by atoms with E-state index in [1.807, 2.05) is 20.8 Å². The van der Waals surface area contributed by atoms with Gasteiger partial charge in [-0.05, 0) is 303 Å². The minimum atomic E-state index is -0.179. The van der Waals surface area contributed by atoms with Crippen LogP contribution >= 0.6 is 0 Å². The van der Waals surface area contributed by atoms with Gasteiger partial charge in [-0.1, -0.05) is 27.7 Å². The van der Waals surface area contributed by atoms with Crippen molar-refractivity contribution in [3.05, 3.63) is 145 Å². The average Bonchev–Trinajstić information content (AvgIpc) is 3.71. The van der Waals surface area contributed by atoms with Gasteiger partial charge in [0.25, 0.3) is 0 Å². The monoisotopic (exact) mass is 931 g/mol. The molecule has 0 saturated carbocycles. The highest BCUT2D eigenvalue weighted by Crippen LogP contribution is 2.59. The van der Waals surface area contributed by atoms with Gasteiger partial charge in [0.2, 0.25) is 0 Å². The van der Waals surface area contributed by atoms with Crippen LogP contribution in [-0.4, -0.2) is 30.6 Å². The predicted molar refractivity (Wildman–Crippen MR) is 295 cm³/mol. The van der Waals surface area contributed by atoms with E-state index in [9.17, 15) is 0 Å². The maximum absolute atomic E-state index is 4.76. The smallest absolute Gasteiger partial charge is 0.0967 e. The van der Waals surface area contributed by atoms with E-state index < -0.39 is 0 Å². The maximum atomic E-state index is 4.76. The van der Waals surface area contributed by atoms with Crippen molar-refractivity contribution >= 4 is 0 Å². The summed E-state index contributed by atoms with van der Waals surface area (Å²) in [6, 6.07) is 0. The largest absolute Gasteiger partial charge is 0.155 e. The standard InChI is InChI=1S/C35H42N4.C29H36N2/c1-15-21(7)33(38-36-25(15)11)27-17(3)19(5)29-30-20(6)18(4)28(34-22(8)16(2)26(12)37-39-34)24(10)32(30)35(13,14)31(29)23(27)9;1-13-14(2)19(7)26-24(16(13)4)25-18(6)17(5)23(21(9)27(25)29(26,11)12)28-20(8)15(3)22(10)30-31-28/h1-14H3;1-12H3. The Morgan fingerprint density at radius 3 is 0.643 bits per heavy atom. The van der Waals surface area contributed by atoms with E-state index in [1.165, 1.54) is 167 Å². The Balaban J connectivity index is 0.000000193. The molecule has 0 amide bonds. The lowest BCUT2D eigenvalue weighted by molar-refractivity contribution is 0.649. The normalized spacial score (nSPS) is 13.8. The summed E-state index contributed by atoms with van der Waals surface area (Å²) in [6.07, 6.45) is 0. The first-order chi connectivity index (χ1) is 32.5. The summed E-state index contributed by atoms with van der Waals surface area (Å²) in [4.78, 5) is 0. The third-order valence-electron chi connectivity index (χ3n) is 18.6. The van der Waals surface area contributed by atoms with Crippen molar-refractivity contribution in [2.75, 3.05) is 0 Å². The fourth-order valence-corrected chi connectivity index (χ4v) is 13.4. The molecule has 0 spiro atoms. The molecule has 6 nitrogen and oxygen atoms in total. The molecule has 3 heterocycles. The van der Waals surface area contributed by atoms with Crippen LogP contribution in [0, 0.1) is 152 Å². The topological polar surface area (TPSA) is 77.3 Å². The first-order valence-corrected chi connectivity index (χ1v) is 25.4. The van der Waals surface area contributed by atoms with Gasteiger partial charge in [0.1, 0.15) is 0 Å². The summed E-state index contributed by atoms with van der Waals surface area (Å²) in [5.74, 6) is 0. The zero-order valence-electron chi connectivity index (χ0n) is 47.7. The molecule has 0 fully saturated rings. The van der Waals surface area contributed by atoms with Crippen LogP contribution in [0.2, 0.25) is 0 Å². The van der Waals surface area contributed by atoms with Gasteiger partial charge in [0, 0.05) is 27.5 Å². The molecule has 0 aliphatic heterocycles. The van der Waals surface area contributed by atoms with Crippen molar-refractivity contribution in [2.45, 2.75) is 191 Å². The van der Waals surface area contributed by atoms with Crippen LogP contribution in [0.15, 0.2) is 0 Å². The van der Waals surface area contributed by atoms with Crippen LogP contribution < -0.4 is 0 Å². The van der Waals surface area contributed by atoms with E-state index in [0.29, 0.717) is 0 Å². The molecule has 2 aliphatic rings. The number of fused-ring (bicyclic) bond motifs is 6. The van der Waals surface area contributed by atoms with E-state index in [2.05, 4.69) is 175 Å². The second-order valence-electron chi connectivity index (χ2n) is 22.7. The van der Waals surface area contributed by atoms with E-state index >= 15 is 0 Å². The van der Waals surface area contributed by atoms with Crippen LogP contribution in [-0.2, 0) is 10.8 Å². The Labute approximate surface area is 420 Å². The van der Waals surface area contributed by atoms with Crippen molar-refractivity contribution in [3.8, 4) is 56.0 Å². The summed E-state index contributed by atoms with van der Waals surface area (Å²) in [5, 5.41) is 27.8. The van der Waals surface area contributed by atoms with E-state index in [4.69, 9.17) is 15.3 Å². The van der Waals surface area contributed by atoms with Crippen molar-refractivity contribution in [2.24, 2.45) is 0 Å². The van der Waals surface area contributed by atoms with E-state index in [0.717, 1.165) is 34.2 Å². The molecule has 0 saturated heterocycles. The molecular formula is C64H78N6. The minimum Gasteiger partial charge on any atom is -0.155 e. The van der Waals surface area contributed by atoms with Crippen LogP contribution in [0.5, 0.6) is 0 Å². The molecular weight excluding hydrogens is 853 g/mol. The van der Waals surface area contributed by atoms with E-state index in [1.54, 1.807) is 0 Å². The Hall–Kier alpha value is -5.88. The van der Waals surface area contributed by atoms with Gasteiger partial charge < -0.3 is 0 Å². The molecule has 0 bridgehead atoms. The van der Waals surface area contributed by atoms with Crippen LogP contribution in [0.4, 0.5) is 0 Å². The van der Waals surface area contributed by atoms with Gasteiger partial charge >= 0.3 is 0 Å². The third kappa shape index (κ3) is 6.77. The van der Waals surface area contributed by atoms with Gasteiger partial charge in [-0.2, -0.15) is 15.3 Å². The van der Waals surface area contributed by atoms with Crippen LogP contribution in [0.25, 0.3) is 56.0 Å². The molecule has 0 unspecified atom stereocenters. The summed E-state index contributed by atoms with van der Waals surface area (Å²) in [7, 11) is 0. The fourth-order valence-electron chi connectivity index (χ4n) is 13.4. The van der Waals surface area contributed by atoms with Crippen molar-refractivity contribution < 1.29 is 0 Å². The van der Waals surface area contributed by atoms with Gasteiger partial charge in [0.05, 0.1) is 34.2 Å². The van der Waals surface area contributed by atoms with Crippen molar-refractivity contribution in [1.82, 2.24) is 30.6 Å². The molecule has 6 heteroatoms. The summed E-state index contributed by atoms with van der Waals surface area (Å²) >= 11 is 0. The number of aromatic nitrogens is 6. The third-order valence-corrected chi connectivity index (χ3v) is 18.6. The number of benzene rings is 4. The van der Waals surface area contributed by atoms with Gasteiger partial charge in [-0.3, -0.25) is 0 Å². The molecule has 364 valence electrons. The highest BCUT2D eigenvalue weighted by atomic mass is 15.1. The second-order valence-corrected chi connectivity index (χ2v) is 22.7. The maximum Gasteiger partial charge on any atom is 0.0967 e. The fraction of sp³-hybridized carbons (Fsp3) is 0.438. The minimum absolute atomic E-state index is 0.0453. The van der Waals surface area contributed by atoms with Gasteiger partial charge in [-0.15, -0.1) is 15.3 Å². The SMILES string of the molecule is Cc1nnc(-c2c(C)c(C)c3c(c2C)C(C)(C)c2c(C)c(-c4nnc(C)c(C)c4C)c(C)c(C)c2-3)c(C)c1C.Cc1nnc(-c2c(C)c(C)c3c(c2C)C(C)(C)c2c(C)c(C)c(C)c(C)c2-3)c(C)c1C. The molecule has 0 radical (unpaired) electrons. The second kappa shape index (κ2) is 16.9. The first-order valence-electron chi connectivity index (χ1n) is 25.4. The van der Waals surface area contributed by atoms with Crippen molar-refractivity contribution in [1.29, 1.82) is 0 Å². The van der Waals surface area contributed by atoms with Gasteiger partial charge in [0.15, 0.2) is 0 Å². The summed E-state index contributed by atoms with van der Waals surface area (Å²) < 4.78 is 0. The average molecular weight is 931 g/mol. The lowest BCUT2D eigenvalue weighted by Crippen LogP contribution is -2.20.